The summed E-state index contributed by atoms with van der Waals surface area (Å²) >= 11 is 0. The minimum atomic E-state index is -0.127. The Kier molecular flexibility index (Phi) is 6.94. The predicted molar refractivity (Wildman–Crippen MR) is 110 cm³/mol. The van der Waals surface area contributed by atoms with Gasteiger partial charge in [0, 0.05) is 31.6 Å². The Hall–Kier alpha value is -3.22. The second-order valence-electron chi connectivity index (χ2n) is 6.94. The maximum atomic E-state index is 12.7. The fourth-order valence-corrected chi connectivity index (χ4v) is 3.11. The Morgan fingerprint density at radius 2 is 1.93 bits per heavy atom. The SMILES string of the molecule is CCCn1c(C)ccc(-c2noc(CCC(=O)NCCc3ccccc3)n2)c1=O. The Morgan fingerprint density at radius 3 is 2.69 bits per heavy atom. The molecule has 152 valence electrons. The van der Waals surface area contributed by atoms with Crippen LogP contribution in [-0.2, 0) is 24.2 Å². The Balaban J connectivity index is 1.55. The van der Waals surface area contributed by atoms with Crippen LogP contribution in [-0.4, -0.2) is 27.2 Å². The molecule has 1 N–H and O–H groups in total. The molecule has 0 spiro atoms. The van der Waals surface area contributed by atoms with Crippen LogP contribution in [0.25, 0.3) is 11.4 Å². The number of aromatic nitrogens is 3. The summed E-state index contributed by atoms with van der Waals surface area (Å²) in [6.45, 7) is 5.15. The van der Waals surface area contributed by atoms with E-state index in [9.17, 15) is 9.59 Å². The number of amides is 1. The van der Waals surface area contributed by atoms with Gasteiger partial charge in [0.2, 0.25) is 17.6 Å². The molecule has 0 atom stereocenters. The van der Waals surface area contributed by atoms with E-state index in [1.54, 1.807) is 10.6 Å². The van der Waals surface area contributed by atoms with Crippen molar-refractivity contribution in [1.82, 2.24) is 20.0 Å². The molecule has 0 saturated heterocycles. The largest absolute Gasteiger partial charge is 0.356 e. The van der Waals surface area contributed by atoms with Crippen LogP contribution in [0.2, 0.25) is 0 Å². The fraction of sp³-hybridized carbons (Fsp3) is 0.364. The van der Waals surface area contributed by atoms with E-state index in [1.807, 2.05) is 50.2 Å². The molecule has 0 aliphatic rings. The highest BCUT2D eigenvalue weighted by Gasteiger charge is 2.15. The topological polar surface area (TPSA) is 90.0 Å². The van der Waals surface area contributed by atoms with Gasteiger partial charge in [-0.3, -0.25) is 9.59 Å². The van der Waals surface area contributed by atoms with Crippen molar-refractivity contribution in [3.8, 4) is 11.4 Å². The van der Waals surface area contributed by atoms with Crippen LogP contribution in [0, 0.1) is 6.92 Å². The van der Waals surface area contributed by atoms with E-state index >= 15 is 0 Å². The Labute approximate surface area is 169 Å². The van der Waals surface area contributed by atoms with Gasteiger partial charge in [-0.1, -0.05) is 42.4 Å². The monoisotopic (exact) mass is 394 g/mol. The van der Waals surface area contributed by atoms with E-state index < -0.39 is 0 Å². The lowest BCUT2D eigenvalue weighted by atomic mass is 10.1. The van der Waals surface area contributed by atoms with Crippen molar-refractivity contribution in [2.24, 2.45) is 0 Å². The van der Waals surface area contributed by atoms with Gasteiger partial charge >= 0.3 is 0 Å². The number of hydrogen-bond donors (Lipinski definition) is 1. The summed E-state index contributed by atoms with van der Waals surface area (Å²) < 4.78 is 6.95. The first-order valence-electron chi connectivity index (χ1n) is 9.92. The van der Waals surface area contributed by atoms with Crippen molar-refractivity contribution >= 4 is 5.91 Å². The zero-order chi connectivity index (χ0) is 20.6. The van der Waals surface area contributed by atoms with Gasteiger partial charge in [-0.05, 0) is 37.5 Å². The summed E-state index contributed by atoms with van der Waals surface area (Å²) in [5.74, 6) is 0.542. The molecule has 0 bridgehead atoms. The number of pyridine rings is 1. The lowest BCUT2D eigenvalue weighted by Gasteiger charge is -2.09. The summed E-state index contributed by atoms with van der Waals surface area (Å²) in [7, 11) is 0. The predicted octanol–water partition coefficient (Wildman–Crippen LogP) is 2.91. The van der Waals surface area contributed by atoms with Crippen LogP contribution in [0.3, 0.4) is 0 Å². The van der Waals surface area contributed by atoms with E-state index in [1.165, 1.54) is 5.56 Å². The molecule has 3 aromatic rings. The highest BCUT2D eigenvalue weighted by atomic mass is 16.5. The van der Waals surface area contributed by atoms with Crippen LogP contribution >= 0.6 is 0 Å². The van der Waals surface area contributed by atoms with Gasteiger partial charge in [0.05, 0.1) is 5.56 Å². The smallest absolute Gasteiger partial charge is 0.261 e. The number of carbonyl (C=O) groups excluding carboxylic acids is 1. The average Bonchev–Trinajstić information content (AvgIpc) is 3.19. The second-order valence-corrected chi connectivity index (χ2v) is 6.94. The molecule has 0 radical (unpaired) electrons. The maximum Gasteiger partial charge on any atom is 0.261 e. The van der Waals surface area contributed by atoms with E-state index in [0.29, 0.717) is 31.0 Å². The highest BCUT2D eigenvalue weighted by molar-refractivity contribution is 5.76. The fourth-order valence-electron chi connectivity index (χ4n) is 3.11. The molecule has 1 amide bonds. The third-order valence-corrected chi connectivity index (χ3v) is 4.69. The van der Waals surface area contributed by atoms with E-state index in [-0.39, 0.29) is 23.7 Å². The second kappa shape index (κ2) is 9.82. The van der Waals surface area contributed by atoms with E-state index in [2.05, 4.69) is 15.5 Å². The van der Waals surface area contributed by atoms with Gasteiger partial charge in [-0.25, -0.2) is 0 Å². The first-order chi connectivity index (χ1) is 14.1. The number of nitrogens with one attached hydrogen (secondary N) is 1. The molecular weight excluding hydrogens is 368 g/mol. The minimum absolute atomic E-state index is 0.0682. The summed E-state index contributed by atoms with van der Waals surface area (Å²) in [5, 5.41) is 6.82. The van der Waals surface area contributed by atoms with Crippen molar-refractivity contribution in [2.75, 3.05) is 6.54 Å². The minimum Gasteiger partial charge on any atom is -0.356 e. The maximum absolute atomic E-state index is 12.7. The molecule has 7 heteroatoms. The van der Waals surface area contributed by atoms with Crippen molar-refractivity contribution in [2.45, 2.75) is 46.1 Å². The zero-order valence-corrected chi connectivity index (χ0v) is 16.9. The summed E-state index contributed by atoms with van der Waals surface area (Å²) in [6, 6.07) is 13.6. The molecule has 0 unspecified atom stereocenters. The van der Waals surface area contributed by atoms with Gasteiger partial charge in [0.25, 0.3) is 5.56 Å². The molecule has 0 aliphatic carbocycles. The summed E-state index contributed by atoms with van der Waals surface area (Å²) in [4.78, 5) is 29.0. The van der Waals surface area contributed by atoms with Crippen LogP contribution in [0.5, 0.6) is 0 Å². The molecule has 0 aliphatic heterocycles. The van der Waals surface area contributed by atoms with Crippen molar-refractivity contribution in [3.05, 3.63) is 70.0 Å². The molecule has 1 aromatic carbocycles. The molecule has 7 nitrogen and oxygen atoms in total. The molecule has 2 heterocycles. The summed E-state index contributed by atoms with van der Waals surface area (Å²) in [6.07, 6.45) is 2.24. The molecule has 0 fully saturated rings. The normalized spacial score (nSPS) is 10.8. The zero-order valence-electron chi connectivity index (χ0n) is 16.9. The first-order valence-corrected chi connectivity index (χ1v) is 9.92. The number of benzene rings is 1. The number of rotatable bonds is 9. The van der Waals surface area contributed by atoms with E-state index in [0.717, 1.165) is 18.5 Å². The third-order valence-electron chi connectivity index (χ3n) is 4.69. The number of hydrogen-bond acceptors (Lipinski definition) is 5. The van der Waals surface area contributed by atoms with Crippen LogP contribution in [0.4, 0.5) is 0 Å². The van der Waals surface area contributed by atoms with Gasteiger partial charge in [0.1, 0.15) is 0 Å². The molecular formula is C22H26N4O3. The van der Waals surface area contributed by atoms with Crippen molar-refractivity contribution in [3.63, 3.8) is 0 Å². The quantitative estimate of drug-likeness (QED) is 0.603. The standard InChI is InChI=1S/C22H26N4O3/c1-3-15-26-16(2)9-10-18(22(26)28)21-24-20(29-25-21)12-11-19(27)23-14-13-17-7-5-4-6-8-17/h4-10H,3,11-15H2,1-2H3,(H,23,27). The third kappa shape index (κ3) is 5.40. The van der Waals surface area contributed by atoms with Crippen LogP contribution < -0.4 is 10.9 Å². The van der Waals surface area contributed by atoms with Crippen molar-refractivity contribution < 1.29 is 9.32 Å². The Morgan fingerprint density at radius 1 is 1.14 bits per heavy atom. The van der Waals surface area contributed by atoms with Crippen molar-refractivity contribution in [1.29, 1.82) is 0 Å². The molecule has 0 saturated carbocycles. The molecule has 2 aromatic heterocycles. The lowest BCUT2D eigenvalue weighted by Crippen LogP contribution is -2.25. The number of aryl methyl sites for hydroxylation is 2. The van der Waals surface area contributed by atoms with Gasteiger partial charge in [0.15, 0.2) is 0 Å². The molecule has 3 rings (SSSR count). The number of nitrogens with zero attached hydrogens (tertiary/aromatic N) is 3. The van der Waals surface area contributed by atoms with Gasteiger partial charge < -0.3 is 14.4 Å². The average molecular weight is 394 g/mol. The first kappa shape index (κ1) is 20.5. The van der Waals surface area contributed by atoms with Crippen LogP contribution in [0.1, 0.15) is 36.9 Å². The van der Waals surface area contributed by atoms with Gasteiger partial charge in [-0.2, -0.15) is 4.98 Å². The van der Waals surface area contributed by atoms with Gasteiger partial charge in [-0.15, -0.1) is 0 Å². The van der Waals surface area contributed by atoms with Crippen LogP contribution in [0.15, 0.2) is 51.8 Å². The van der Waals surface area contributed by atoms with E-state index in [4.69, 9.17) is 4.52 Å². The highest BCUT2D eigenvalue weighted by Crippen LogP contribution is 2.13. The number of carbonyl (C=O) groups is 1. The lowest BCUT2D eigenvalue weighted by molar-refractivity contribution is -0.121. The molecule has 29 heavy (non-hydrogen) atoms. The summed E-state index contributed by atoms with van der Waals surface area (Å²) in [5.41, 5.74) is 2.36. The Bertz CT molecular complexity index is 1010.